The highest BCUT2D eigenvalue weighted by Crippen LogP contribution is 2.47. The summed E-state index contributed by atoms with van der Waals surface area (Å²) in [6.45, 7) is 0. The van der Waals surface area contributed by atoms with Gasteiger partial charge >= 0.3 is 0 Å². The van der Waals surface area contributed by atoms with E-state index in [0.29, 0.717) is 0 Å². The molecule has 0 amide bonds. The molecular formula is C70H44. The Morgan fingerprint density at radius 2 is 0.486 bits per heavy atom. The van der Waals surface area contributed by atoms with E-state index in [1.54, 1.807) is 0 Å². The van der Waals surface area contributed by atoms with Gasteiger partial charge in [-0.3, -0.25) is 0 Å². The Balaban J connectivity index is 0.888. The topological polar surface area (TPSA) is 0 Å². The fourth-order valence-electron chi connectivity index (χ4n) is 11.6. The molecule has 0 radical (unpaired) electrons. The van der Waals surface area contributed by atoms with Crippen LogP contribution in [-0.4, -0.2) is 0 Å². The van der Waals surface area contributed by atoms with Crippen molar-refractivity contribution < 1.29 is 0 Å². The van der Waals surface area contributed by atoms with Crippen molar-refractivity contribution in [3.8, 4) is 66.8 Å². The largest absolute Gasteiger partial charge is 0.0622 e. The van der Waals surface area contributed by atoms with Crippen molar-refractivity contribution in [2.45, 2.75) is 0 Å². The van der Waals surface area contributed by atoms with Crippen molar-refractivity contribution in [1.82, 2.24) is 0 Å². The van der Waals surface area contributed by atoms with Crippen LogP contribution in [0, 0.1) is 0 Å². The average Bonchev–Trinajstić information content (AvgIpc) is 3.43. The van der Waals surface area contributed by atoms with Gasteiger partial charge in [-0.05, 0) is 160 Å². The lowest BCUT2D eigenvalue weighted by atomic mass is 9.84. The lowest BCUT2D eigenvalue weighted by Crippen LogP contribution is -1.92. The standard InChI is InChI=1S/C70H44/c1-2-17-49(18-3-1)67-56-22-6-8-24-58(56)68(59-25-9-7-23-57(59)67)50-37-33-48(34-38-50)55-30-14-20-46-35-39-52(43-65(46)55)53-40-36-47-21-15-31-64(66(47)44-53)70-62-28-12-10-26-60(62)69(61-27-11-13-29-63(61)70)54-41-32-45-16-4-5-19-51(45)42-54/h1-44H. The molecular weight excluding hydrogens is 841 g/mol. The lowest BCUT2D eigenvalue weighted by Gasteiger charge is -2.19. The molecule has 14 aromatic carbocycles. The molecule has 0 bridgehead atoms. The minimum atomic E-state index is 1.20. The Labute approximate surface area is 407 Å². The molecule has 0 aliphatic rings. The van der Waals surface area contributed by atoms with Gasteiger partial charge in [-0.1, -0.05) is 249 Å². The highest BCUT2D eigenvalue weighted by atomic mass is 14.2. The second-order valence-electron chi connectivity index (χ2n) is 18.7. The fraction of sp³-hybridized carbons (Fsp3) is 0. The van der Waals surface area contributed by atoms with Crippen molar-refractivity contribution in [3.63, 3.8) is 0 Å². The summed E-state index contributed by atoms with van der Waals surface area (Å²) in [5.41, 5.74) is 14.9. The molecule has 324 valence electrons. The van der Waals surface area contributed by atoms with Crippen molar-refractivity contribution in [1.29, 1.82) is 0 Å². The molecule has 70 heavy (non-hydrogen) atoms. The first kappa shape index (κ1) is 40.0. The van der Waals surface area contributed by atoms with E-state index in [4.69, 9.17) is 0 Å². The molecule has 0 atom stereocenters. The van der Waals surface area contributed by atoms with E-state index in [1.165, 1.54) is 142 Å². The number of hydrogen-bond donors (Lipinski definition) is 0. The Kier molecular flexibility index (Phi) is 9.32. The monoisotopic (exact) mass is 884 g/mol. The van der Waals surface area contributed by atoms with Crippen LogP contribution >= 0.6 is 0 Å². The highest BCUT2D eigenvalue weighted by molar-refractivity contribution is 6.24. The summed E-state index contributed by atoms with van der Waals surface area (Å²) in [5, 5.41) is 17.6. The van der Waals surface area contributed by atoms with Gasteiger partial charge in [-0.2, -0.15) is 0 Å². The normalized spacial score (nSPS) is 11.7. The average molecular weight is 885 g/mol. The number of fused-ring (bicyclic) bond motifs is 7. The summed E-state index contributed by atoms with van der Waals surface area (Å²) in [6.07, 6.45) is 0. The van der Waals surface area contributed by atoms with E-state index in [0.717, 1.165) is 0 Å². The number of benzene rings is 14. The van der Waals surface area contributed by atoms with Crippen LogP contribution in [0.3, 0.4) is 0 Å². The highest BCUT2D eigenvalue weighted by Gasteiger charge is 2.20. The molecule has 0 N–H and O–H groups in total. The minimum Gasteiger partial charge on any atom is -0.0622 e. The van der Waals surface area contributed by atoms with E-state index >= 15 is 0 Å². The molecule has 0 unspecified atom stereocenters. The van der Waals surface area contributed by atoms with Gasteiger partial charge in [0.15, 0.2) is 0 Å². The van der Waals surface area contributed by atoms with Gasteiger partial charge in [0, 0.05) is 0 Å². The summed E-state index contributed by atoms with van der Waals surface area (Å²) in [6, 6.07) is 98.9. The third-order valence-corrected chi connectivity index (χ3v) is 14.8. The fourth-order valence-corrected chi connectivity index (χ4v) is 11.6. The molecule has 0 aliphatic heterocycles. The van der Waals surface area contributed by atoms with Crippen LogP contribution in [-0.2, 0) is 0 Å². The Morgan fingerprint density at radius 3 is 1.01 bits per heavy atom. The molecule has 0 fully saturated rings. The van der Waals surface area contributed by atoms with Gasteiger partial charge in [-0.15, -0.1) is 0 Å². The van der Waals surface area contributed by atoms with E-state index in [2.05, 4.69) is 267 Å². The molecule has 0 heteroatoms. The first-order valence-corrected chi connectivity index (χ1v) is 24.3. The van der Waals surface area contributed by atoms with Crippen LogP contribution in [0.25, 0.3) is 142 Å². The minimum absolute atomic E-state index is 1.20. The van der Waals surface area contributed by atoms with Gasteiger partial charge < -0.3 is 0 Å². The Morgan fingerprint density at radius 1 is 0.143 bits per heavy atom. The Bertz CT molecular complexity index is 4270. The van der Waals surface area contributed by atoms with E-state index in [1.807, 2.05) is 0 Å². The molecule has 0 spiro atoms. The summed E-state index contributed by atoms with van der Waals surface area (Å²) >= 11 is 0. The second kappa shape index (κ2) is 16.3. The zero-order valence-electron chi connectivity index (χ0n) is 38.4. The Hall–Kier alpha value is -9.10. The van der Waals surface area contributed by atoms with Crippen LogP contribution in [0.15, 0.2) is 267 Å². The number of rotatable bonds is 6. The van der Waals surface area contributed by atoms with Crippen molar-refractivity contribution in [3.05, 3.63) is 267 Å². The third kappa shape index (κ3) is 6.45. The van der Waals surface area contributed by atoms with Gasteiger partial charge in [0.25, 0.3) is 0 Å². The van der Waals surface area contributed by atoms with Crippen molar-refractivity contribution >= 4 is 75.4 Å². The van der Waals surface area contributed by atoms with Crippen LogP contribution in [0.4, 0.5) is 0 Å². The van der Waals surface area contributed by atoms with Crippen LogP contribution in [0.5, 0.6) is 0 Å². The van der Waals surface area contributed by atoms with Crippen LogP contribution in [0.2, 0.25) is 0 Å². The molecule has 0 nitrogen and oxygen atoms in total. The lowest BCUT2D eigenvalue weighted by molar-refractivity contribution is 1.62. The zero-order valence-corrected chi connectivity index (χ0v) is 38.4. The van der Waals surface area contributed by atoms with Gasteiger partial charge in [-0.25, -0.2) is 0 Å². The van der Waals surface area contributed by atoms with E-state index in [9.17, 15) is 0 Å². The van der Waals surface area contributed by atoms with Crippen LogP contribution in [0.1, 0.15) is 0 Å². The first-order valence-electron chi connectivity index (χ1n) is 24.3. The van der Waals surface area contributed by atoms with E-state index in [-0.39, 0.29) is 0 Å². The number of hydrogen-bond acceptors (Lipinski definition) is 0. The van der Waals surface area contributed by atoms with Crippen LogP contribution < -0.4 is 0 Å². The van der Waals surface area contributed by atoms with E-state index < -0.39 is 0 Å². The summed E-state index contributed by atoms with van der Waals surface area (Å²) in [4.78, 5) is 0. The van der Waals surface area contributed by atoms with Crippen molar-refractivity contribution in [2.24, 2.45) is 0 Å². The third-order valence-electron chi connectivity index (χ3n) is 14.8. The molecule has 14 aromatic rings. The molecule has 0 heterocycles. The smallest absolute Gasteiger partial charge is 0.00201 e. The SMILES string of the molecule is c1ccc(-c2c3ccccc3c(-c3ccc(-c4cccc5ccc(-c6ccc7cccc(-c8c9ccccc9c(-c9ccc%10ccccc%10c9)c9ccccc89)c7c6)cc45)cc3)c3ccccc23)cc1. The molecule has 0 saturated carbocycles. The predicted molar refractivity (Wildman–Crippen MR) is 302 cm³/mol. The maximum absolute atomic E-state index is 2.42. The zero-order chi connectivity index (χ0) is 46.1. The van der Waals surface area contributed by atoms with Gasteiger partial charge in [0.05, 0.1) is 0 Å². The van der Waals surface area contributed by atoms with Crippen molar-refractivity contribution in [2.75, 3.05) is 0 Å². The summed E-state index contributed by atoms with van der Waals surface area (Å²) in [7, 11) is 0. The second-order valence-corrected chi connectivity index (χ2v) is 18.7. The molecule has 0 aromatic heterocycles. The summed E-state index contributed by atoms with van der Waals surface area (Å²) in [5.74, 6) is 0. The molecule has 0 aliphatic carbocycles. The predicted octanol–water partition coefficient (Wildman–Crippen LogP) is 19.8. The molecule has 0 saturated heterocycles. The van der Waals surface area contributed by atoms with Gasteiger partial charge in [0.1, 0.15) is 0 Å². The first-order chi connectivity index (χ1) is 34.7. The summed E-state index contributed by atoms with van der Waals surface area (Å²) < 4.78 is 0. The maximum atomic E-state index is 2.42. The van der Waals surface area contributed by atoms with Gasteiger partial charge in [0.2, 0.25) is 0 Å². The quantitative estimate of drug-likeness (QED) is 0.146. The maximum Gasteiger partial charge on any atom is -0.00201 e. The molecule has 14 rings (SSSR count).